The van der Waals surface area contributed by atoms with E-state index in [2.05, 4.69) is 15.9 Å². The molecule has 1 aliphatic rings. The molecule has 0 aliphatic carbocycles. The third kappa shape index (κ3) is 3.03. The Kier molecular flexibility index (Phi) is 4.69. The quantitative estimate of drug-likeness (QED) is 0.798. The molecule has 19 heavy (non-hydrogen) atoms. The van der Waals surface area contributed by atoms with Crippen molar-refractivity contribution in [2.24, 2.45) is 5.92 Å². The van der Waals surface area contributed by atoms with Gasteiger partial charge in [-0.05, 0) is 30.5 Å². The van der Waals surface area contributed by atoms with Crippen molar-refractivity contribution in [1.29, 1.82) is 0 Å². The highest BCUT2D eigenvalue weighted by Gasteiger charge is 2.28. The molecule has 0 aromatic heterocycles. The Hall–Kier alpha value is -1.23. The van der Waals surface area contributed by atoms with Crippen molar-refractivity contribution < 1.29 is 14.3 Å². The van der Waals surface area contributed by atoms with E-state index in [1.807, 2.05) is 4.90 Å². The van der Waals surface area contributed by atoms with Crippen LogP contribution in [0.2, 0.25) is 0 Å². The lowest BCUT2D eigenvalue weighted by atomic mass is 10.1. The standard InChI is InChI=1S/C14H18BrNO3/c1-18-11-3-4-13(19-2)12(7-11)14(17)16-6-5-10(8-15)9-16/h3-4,7,10H,5-6,8-9H2,1-2H3. The first kappa shape index (κ1) is 14.2. The second-order valence-corrected chi connectivity index (χ2v) is 5.27. The highest BCUT2D eigenvalue weighted by molar-refractivity contribution is 9.09. The van der Waals surface area contributed by atoms with Crippen molar-refractivity contribution in [3.8, 4) is 11.5 Å². The summed E-state index contributed by atoms with van der Waals surface area (Å²) in [5.74, 6) is 1.81. The molecule has 0 N–H and O–H groups in total. The second kappa shape index (κ2) is 6.28. The molecular formula is C14H18BrNO3. The number of carbonyl (C=O) groups is 1. The van der Waals surface area contributed by atoms with Gasteiger partial charge in [-0.1, -0.05) is 15.9 Å². The number of benzene rings is 1. The van der Waals surface area contributed by atoms with Gasteiger partial charge in [0.1, 0.15) is 11.5 Å². The molecule has 0 bridgehead atoms. The van der Waals surface area contributed by atoms with Gasteiger partial charge >= 0.3 is 0 Å². The van der Waals surface area contributed by atoms with E-state index in [0.717, 1.165) is 24.8 Å². The molecule has 4 nitrogen and oxygen atoms in total. The zero-order valence-corrected chi connectivity index (χ0v) is 12.8. The summed E-state index contributed by atoms with van der Waals surface area (Å²) in [6.45, 7) is 1.60. The molecule has 1 aliphatic heterocycles. The summed E-state index contributed by atoms with van der Waals surface area (Å²) in [4.78, 5) is 14.4. The van der Waals surface area contributed by atoms with Crippen LogP contribution >= 0.6 is 15.9 Å². The summed E-state index contributed by atoms with van der Waals surface area (Å²) in [5.41, 5.74) is 0.567. The van der Waals surface area contributed by atoms with Crippen LogP contribution in [0.5, 0.6) is 11.5 Å². The van der Waals surface area contributed by atoms with Crippen molar-refractivity contribution in [3.05, 3.63) is 23.8 Å². The molecule has 104 valence electrons. The predicted molar refractivity (Wildman–Crippen MR) is 77.4 cm³/mol. The molecule has 0 radical (unpaired) electrons. The third-order valence-electron chi connectivity index (χ3n) is 3.43. The second-order valence-electron chi connectivity index (χ2n) is 4.63. The van der Waals surface area contributed by atoms with Gasteiger partial charge in [-0.2, -0.15) is 0 Å². The number of halogens is 1. The summed E-state index contributed by atoms with van der Waals surface area (Å²) in [6, 6.07) is 5.30. The maximum absolute atomic E-state index is 12.5. The van der Waals surface area contributed by atoms with E-state index in [1.165, 1.54) is 0 Å². The van der Waals surface area contributed by atoms with Crippen molar-refractivity contribution in [2.45, 2.75) is 6.42 Å². The van der Waals surface area contributed by atoms with Gasteiger partial charge in [0, 0.05) is 18.4 Å². The minimum atomic E-state index is 0.0131. The lowest BCUT2D eigenvalue weighted by Gasteiger charge is -2.18. The SMILES string of the molecule is COc1ccc(OC)c(C(=O)N2CCC(CBr)C2)c1. The van der Waals surface area contributed by atoms with Crippen LogP contribution in [0.1, 0.15) is 16.8 Å². The van der Waals surface area contributed by atoms with Gasteiger partial charge in [0.15, 0.2) is 0 Å². The van der Waals surface area contributed by atoms with E-state index in [4.69, 9.17) is 9.47 Å². The Bertz CT molecular complexity index is 464. The molecule has 1 amide bonds. The van der Waals surface area contributed by atoms with Gasteiger partial charge in [-0.25, -0.2) is 0 Å². The zero-order chi connectivity index (χ0) is 13.8. The molecule has 1 aromatic rings. The summed E-state index contributed by atoms with van der Waals surface area (Å²) < 4.78 is 10.4. The number of ether oxygens (including phenoxy) is 2. The first-order valence-corrected chi connectivity index (χ1v) is 7.39. The van der Waals surface area contributed by atoms with E-state index in [1.54, 1.807) is 32.4 Å². The molecule has 0 saturated carbocycles. The number of amides is 1. The Morgan fingerprint density at radius 3 is 2.79 bits per heavy atom. The largest absolute Gasteiger partial charge is 0.497 e. The highest BCUT2D eigenvalue weighted by Crippen LogP contribution is 2.27. The van der Waals surface area contributed by atoms with E-state index in [9.17, 15) is 4.79 Å². The summed E-state index contributed by atoms with van der Waals surface area (Å²) in [6.07, 6.45) is 1.04. The van der Waals surface area contributed by atoms with Crippen LogP contribution in [0.25, 0.3) is 0 Å². The van der Waals surface area contributed by atoms with Gasteiger partial charge < -0.3 is 14.4 Å². The van der Waals surface area contributed by atoms with Crippen LogP contribution in [0.3, 0.4) is 0 Å². The normalized spacial score (nSPS) is 18.5. The predicted octanol–water partition coefficient (Wildman–Crippen LogP) is 2.56. The summed E-state index contributed by atoms with van der Waals surface area (Å²) in [7, 11) is 3.16. The molecule has 1 aromatic carbocycles. The van der Waals surface area contributed by atoms with Gasteiger partial charge in [0.2, 0.25) is 0 Å². The molecule has 0 spiro atoms. The number of nitrogens with zero attached hydrogens (tertiary/aromatic N) is 1. The summed E-state index contributed by atoms with van der Waals surface area (Å²) >= 11 is 3.48. The van der Waals surface area contributed by atoms with Crippen LogP contribution in [-0.2, 0) is 0 Å². The van der Waals surface area contributed by atoms with Crippen molar-refractivity contribution >= 4 is 21.8 Å². The van der Waals surface area contributed by atoms with Crippen LogP contribution in [0.4, 0.5) is 0 Å². The fourth-order valence-corrected chi connectivity index (χ4v) is 2.82. The van der Waals surface area contributed by atoms with Crippen LogP contribution in [-0.4, -0.2) is 43.4 Å². The number of hydrogen-bond acceptors (Lipinski definition) is 3. The van der Waals surface area contributed by atoms with Crippen LogP contribution in [0, 0.1) is 5.92 Å². The molecule has 2 rings (SSSR count). The van der Waals surface area contributed by atoms with Crippen molar-refractivity contribution in [3.63, 3.8) is 0 Å². The maximum atomic E-state index is 12.5. The first-order valence-electron chi connectivity index (χ1n) is 6.26. The van der Waals surface area contributed by atoms with Gasteiger partial charge in [-0.3, -0.25) is 4.79 Å². The fourth-order valence-electron chi connectivity index (χ4n) is 2.29. The third-order valence-corrected chi connectivity index (χ3v) is 4.34. The van der Waals surface area contributed by atoms with Gasteiger partial charge in [0.05, 0.1) is 19.8 Å². The minimum absolute atomic E-state index is 0.0131. The Morgan fingerprint density at radius 2 is 2.21 bits per heavy atom. The van der Waals surface area contributed by atoms with Gasteiger partial charge in [0.25, 0.3) is 5.91 Å². The van der Waals surface area contributed by atoms with Crippen molar-refractivity contribution in [2.75, 3.05) is 32.6 Å². The zero-order valence-electron chi connectivity index (χ0n) is 11.2. The van der Waals surface area contributed by atoms with E-state index < -0.39 is 0 Å². The number of hydrogen-bond donors (Lipinski definition) is 0. The van der Waals surface area contributed by atoms with Crippen LogP contribution in [0.15, 0.2) is 18.2 Å². The molecule has 1 saturated heterocycles. The van der Waals surface area contributed by atoms with Gasteiger partial charge in [-0.15, -0.1) is 0 Å². The maximum Gasteiger partial charge on any atom is 0.257 e. The molecule has 5 heteroatoms. The fraction of sp³-hybridized carbons (Fsp3) is 0.500. The highest BCUT2D eigenvalue weighted by atomic mass is 79.9. The number of methoxy groups -OCH3 is 2. The lowest BCUT2D eigenvalue weighted by molar-refractivity contribution is 0.0784. The monoisotopic (exact) mass is 327 g/mol. The smallest absolute Gasteiger partial charge is 0.257 e. The number of carbonyl (C=O) groups excluding carboxylic acids is 1. The molecule has 1 fully saturated rings. The average molecular weight is 328 g/mol. The molecule has 1 heterocycles. The summed E-state index contributed by atoms with van der Waals surface area (Å²) in [5, 5.41) is 0.937. The number of likely N-dealkylation sites (tertiary alicyclic amines) is 1. The Morgan fingerprint density at radius 1 is 1.42 bits per heavy atom. The van der Waals surface area contributed by atoms with Crippen molar-refractivity contribution in [1.82, 2.24) is 4.90 Å². The van der Waals surface area contributed by atoms with E-state index >= 15 is 0 Å². The van der Waals surface area contributed by atoms with Crippen LogP contribution < -0.4 is 9.47 Å². The number of alkyl halides is 1. The molecular weight excluding hydrogens is 310 g/mol. The molecule has 1 unspecified atom stereocenters. The first-order chi connectivity index (χ1) is 9.19. The lowest BCUT2D eigenvalue weighted by Crippen LogP contribution is -2.29. The average Bonchev–Trinajstić information content (AvgIpc) is 2.94. The minimum Gasteiger partial charge on any atom is -0.497 e. The number of rotatable bonds is 4. The Labute approximate surface area is 121 Å². The Balaban J connectivity index is 2.22. The van der Waals surface area contributed by atoms with E-state index in [-0.39, 0.29) is 5.91 Å². The molecule has 1 atom stereocenters. The topological polar surface area (TPSA) is 38.8 Å². The van der Waals surface area contributed by atoms with E-state index in [0.29, 0.717) is 23.0 Å².